The minimum atomic E-state index is 0.228. The Balaban J connectivity index is 2.35. The molecule has 5 heteroatoms. The lowest BCUT2D eigenvalue weighted by molar-refractivity contribution is 0.296. The summed E-state index contributed by atoms with van der Waals surface area (Å²) in [5.41, 5.74) is 1.10. The maximum absolute atomic E-state index is 8.62. The Morgan fingerprint density at radius 1 is 1.40 bits per heavy atom. The van der Waals surface area contributed by atoms with Gasteiger partial charge in [0.1, 0.15) is 0 Å². The molecular weight excluding hydrogens is 210 g/mol. The van der Waals surface area contributed by atoms with Gasteiger partial charge >= 0.3 is 0 Å². The second-order valence-corrected chi connectivity index (χ2v) is 4.14. The molecule has 0 saturated carbocycles. The van der Waals surface area contributed by atoms with Gasteiger partial charge in [-0.25, -0.2) is 9.97 Å². The van der Waals surface area contributed by atoms with Crippen LogP contribution in [0.5, 0.6) is 0 Å². The maximum atomic E-state index is 8.62. The van der Waals surface area contributed by atoms with Crippen molar-refractivity contribution in [3.63, 3.8) is 0 Å². The summed E-state index contributed by atoms with van der Waals surface area (Å²) in [6, 6.07) is 0. The molecule has 0 atom stereocenters. The standard InChI is InChI=1S/C10H17N3OS/c1-2-11-6-9-7-12-10(13-8-9)15-5-3-4-14/h7-8,11,14H,2-6H2,1H3. The van der Waals surface area contributed by atoms with E-state index in [2.05, 4.69) is 22.2 Å². The second-order valence-electron chi connectivity index (χ2n) is 3.08. The zero-order valence-electron chi connectivity index (χ0n) is 8.94. The van der Waals surface area contributed by atoms with Gasteiger partial charge in [0, 0.05) is 36.9 Å². The van der Waals surface area contributed by atoms with E-state index >= 15 is 0 Å². The Morgan fingerprint density at radius 3 is 2.73 bits per heavy atom. The summed E-state index contributed by atoms with van der Waals surface area (Å²) in [6.07, 6.45) is 4.47. The lowest BCUT2D eigenvalue weighted by Crippen LogP contribution is -2.12. The van der Waals surface area contributed by atoms with Gasteiger partial charge in [0.15, 0.2) is 5.16 Å². The van der Waals surface area contributed by atoms with E-state index in [1.807, 2.05) is 12.4 Å². The molecule has 0 saturated heterocycles. The minimum Gasteiger partial charge on any atom is -0.396 e. The maximum Gasteiger partial charge on any atom is 0.187 e. The number of nitrogens with one attached hydrogen (secondary N) is 1. The van der Waals surface area contributed by atoms with Crippen molar-refractivity contribution in [1.82, 2.24) is 15.3 Å². The molecule has 1 heterocycles. The van der Waals surface area contributed by atoms with Crippen molar-refractivity contribution < 1.29 is 5.11 Å². The molecule has 0 aliphatic rings. The summed E-state index contributed by atoms with van der Waals surface area (Å²) < 4.78 is 0. The number of thioether (sulfide) groups is 1. The highest BCUT2D eigenvalue weighted by Crippen LogP contribution is 2.12. The monoisotopic (exact) mass is 227 g/mol. The van der Waals surface area contributed by atoms with Crippen LogP contribution in [0, 0.1) is 0 Å². The molecule has 1 rings (SSSR count). The number of aliphatic hydroxyl groups excluding tert-OH is 1. The summed E-state index contributed by atoms with van der Waals surface area (Å²) in [5, 5.41) is 12.6. The van der Waals surface area contributed by atoms with Gasteiger partial charge in [-0.1, -0.05) is 18.7 Å². The van der Waals surface area contributed by atoms with Gasteiger partial charge in [-0.3, -0.25) is 0 Å². The fraction of sp³-hybridized carbons (Fsp3) is 0.600. The first-order chi connectivity index (χ1) is 7.36. The van der Waals surface area contributed by atoms with E-state index in [1.165, 1.54) is 0 Å². The molecule has 0 unspecified atom stereocenters. The molecule has 1 aromatic rings. The number of aliphatic hydroxyl groups is 1. The third kappa shape index (κ3) is 5.11. The van der Waals surface area contributed by atoms with Gasteiger partial charge < -0.3 is 10.4 Å². The van der Waals surface area contributed by atoms with Gasteiger partial charge in [-0.2, -0.15) is 0 Å². The molecule has 0 aliphatic carbocycles. The molecule has 4 nitrogen and oxygen atoms in total. The van der Waals surface area contributed by atoms with Crippen LogP contribution in [0.15, 0.2) is 17.6 Å². The van der Waals surface area contributed by atoms with Gasteiger partial charge in [-0.05, 0) is 13.0 Å². The number of hydrogen-bond donors (Lipinski definition) is 2. The fourth-order valence-corrected chi connectivity index (χ4v) is 1.72. The first-order valence-electron chi connectivity index (χ1n) is 5.12. The molecule has 2 N–H and O–H groups in total. The summed E-state index contributed by atoms with van der Waals surface area (Å²) in [6.45, 7) is 4.07. The quantitative estimate of drug-likeness (QED) is 0.414. The normalized spacial score (nSPS) is 10.5. The summed E-state index contributed by atoms with van der Waals surface area (Å²) >= 11 is 1.57. The van der Waals surface area contributed by atoms with E-state index in [0.717, 1.165) is 36.0 Å². The Morgan fingerprint density at radius 2 is 2.13 bits per heavy atom. The molecule has 0 aromatic carbocycles. The lowest BCUT2D eigenvalue weighted by atomic mass is 10.3. The van der Waals surface area contributed by atoms with E-state index in [9.17, 15) is 0 Å². The van der Waals surface area contributed by atoms with Gasteiger partial charge in [0.2, 0.25) is 0 Å². The van der Waals surface area contributed by atoms with Crippen LogP contribution in [-0.2, 0) is 6.54 Å². The molecule has 0 aliphatic heterocycles. The van der Waals surface area contributed by atoms with Crippen molar-refractivity contribution in [1.29, 1.82) is 0 Å². The third-order valence-electron chi connectivity index (χ3n) is 1.79. The number of nitrogens with zero attached hydrogens (tertiary/aromatic N) is 2. The first kappa shape index (κ1) is 12.4. The molecule has 1 aromatic heterocycles. The smallest absolute Gasteiger partial charge is 0.187 e. The minimum absolute atomic E-state index is 0.228. The molecule has 0 amide bonds. The molecule has 0 spiro atoms. The molecule has 0 fully saturated rings. The van der Waals surface area contributed by atoms with Gasteiger partial charge in [-0.15, -0.1) is 0 Å². The largest absolute Gasteiger partial charge is 0.396 e. The van der Waals surface area contributed by atoms with Crippen molar-refractivity contribution in [2.45, 2.75) is 25.0 Å². The SMILES string of the molecule is CCNCc1cnc(SCCCO)nc1. The van der Waals surface area contributed by atoms with Crippen LogP contribution in [-0.4, -0.2) is 34.0 Å². The average molecular weight is 227 g/mol. The zero-order chi connectivity index (χ0) is 10.9. The number of hydrogen-bond acceptors (Lipinski definition) is 5. The average Bonchev–Trinajstić information content (AvgIpc) is 2.28. The van der Waals surface area contributed by atoms with E-state index in [1.54, 1.807) is 11.8 Å². The van der Waals surface area contributed by atoms with Gasteiger partial charge in [0.05, 0.1) is 0 Å². The Kier molecular flexibility index (Phi) is 6.31. The second kappa shape index (κ2) is 7.62. The Labute approximate surface area is 94.5 Å². The van der Waals surface area contributed by atoms with Crippen molar-refractivity contribution in [2.75, 3.05) is 18.9 Å². The van der Waals surface area contributed by atoms with E-state index in [4.69, 9.17) is 5.11 Å². The number of rotatable bonds is 7. The van der Waals surface area contributed by atoms with Crippen LogP contribution in [0.25, 0.3) is 0 Å². The lowest BCUT2D eigenvalue weighted by Gasteiger charge is -2.02. The molecule has 15 heavy (non-hydrogen) atoms. The van der Waals surface area contributed by atoms with Crippen molar-refractivity contribution in [2.24, 2.45) is 0 Å². The molecular formula is C10H17N3OS. The predicted octanol–water partition coefficient (Wildman–Crippen LogP) is 1.06. The molecule has 0 radical (unpaired) electrons. The summed E-state index contributed by atoms with van der Waals surface area (Å²) in [4.78, 5) is 8.47. The van der Waals surface area contributed by atoms with Crippen LogP contribution in [0.2, 0.25) is 0 Å². The van der Waals surface area contributed by atoms with Crippen molar-refractivity contribution in [3.05, 3.63) is 18.0 Å². The topological polar surface area (TPSA) is 58.0 Å². The Bertz CT molecular complexity index is 266. The Hall–Kier alpha value is -0.650. The highest BCUT2D eigenvalue weighted by molar-refractivity contribution is 7.99. The van der Waals surface area contributed by atoms with Crippen molar-refractivity contribution >= 4 is 11.8 Å². The van der Waals surface area contributed by atoms with E-state index in [0.29, 0.717) is 0 Å². The highest BCUT2D eigenvalue weighted by atomic mass is 32.2. The van der Waals surface area contributed by atoms with E-state index in [-0.39, 0.29) is 6.61 Å². The molecule has 84 valence electrons. The third-order valence-corrected chi connectivity index (χ3v) is 2.76. The van der Waals surface area contributed by atoms with E-state index < -0.39 is 0 Å². The predicted molar refractivity (Wildman–Crippen MR) is 61.8 cm³/mol. The van der Waals surface area contributed by atoms with Crippen LogP contribution in [0.3, 0.4) is 0 Å². The first-order valence-corrected chi connectivity index (χ1v) is 6.10. The van der Waals surface area contributed by atoms with Crippen LogP contribution in [0.1, 0.15) is 18.9 Å². The van der Waals surface area contributed by atoms with Crippen LogP contribution < -0.4 is 5.32 Å². The fourth-order valence-electron chi connectivity index (χ4n) is 1.01. The van der Waals surface area contributed by atoms with Crippen LogP contribution >= 0.6 is 11.8 Å². The van der Waals surface area contributed by atoms with Crippen LogP contribution in [0.4, 0.5) is 0 Å². The summed E-state index contributed by atoms with van der Waals surface area (Å²) in [5.74, 6) is 0.864. The van der Waals surface area contributed by atoms with Crippen molar-refractivity contribution in [3.8, 4) is 0 Å². The van der Waals surface area contributed by atoms with Gasteiger partial charge in [0.25, 0.3) is 0 Å². The number of aromatic nitrogens is 2. The summed E-state index contributed by atoms with van der Waals surface area (Å²) in [7, 11) is 0. The molecule has 0 bridgehead atoms. The zero-order valence-corrected chi connectivity index (χ0v) is 9.76. The highest BCUT2D eigenvalue weighted by Gasteiger charge is 1.98.